The van der Waals surface area contributed by atoms with Crippen LogP contribution in [0.25, 0.3) is 5.69 Å². The molecule has 0 amide bonds. The van der Waals surface area contributed by atoms with Crippen molar-refractivity contribution in [2.45, 2.75) is 29.9 Å². The fraction of sp³-hybridized carbons (Fsp3) is 0.200. The van der Waals surface area contributed by atoms with Crippen LogP contribution in [0.15, 0.2) is 78.3 Å². The minimum Gasteiger partial charge on any atom is -0.372 e. The van der Waals surface area contributed by atoms with Gasteiger partial charge in [-0.1, -0.05) is 23.9 Å². The van der Waals surface area contributed by atoms with Gasteiger partial charge < -0.3 is 5.11 Å². The summed E-state index contributed by atoms with van der Waals surface area (Å²) in [5.74, 6) is -1.94. The molecule has 0 saturated carbocycles. The number of hydrogen-bond donors (Lipinski definition) is 1. The first kappa shape index (κ1) is 25.8. The maximum Gasteiger partial charge on any atom is 0.419 e. The zero-order chi connectivity index (χ0) is 25.9. The molecule has 4 aromatic rings. The van der Waals surface area contributed by atoms with Crippen LogP contribution >= 0.6 is 11.8 Å². The van der Waals surface area contributed by atoms with E-state index >= 15 is 0 Å². The van der Waals surface area contributed by atoms with E-state index in [1.807, 2.05) is 12.1 Å². The van der Waals surface area contributed by atoms with Gasteiger partial charge in [-0.3, -0.25) is 14.5 Å². The van der Waals surface area contributed by atoms with Crippen molar-refractivity contribution in [3.8, 4) is 5.69 Å². The van der Waals surface area contributed by atoms with Gasteiger partial charge in [0, 0.05) is 30.4 Å². The van der Waals surface area contributed by atoms with Gasteiger partial charge in [0.15, 0.2) is 11.4 Å². The number of benzene rings is 2. The van der Waals surface area contributed by atoms with Gasteiger partial charge in [0.2, 0.25) is 0 Å². The summed E-state index contributed by atoms with van der Waals surface area (Å²) in [6.45, 7) is 0.385. The monoisotopic (exact) mass is 520 g/mol. The van der Waals surface area contributed by atoms with Crippen molar-refractivity contribution in [3.63, 3.8) is 0 Å². The highest BCUT2D eigenvalue weighted by atomic mass is 32.2. The minimum atomic E-state index is -4.81. The molecule has 11 heteroatoms. The molecule has 2 heterocycles. The number of thioether (sulfide) groups is 1. The van der Waals surface area contributed by atoms with Crippen LogP contribution in [0.4, 0.5) is 22.0 Å². The van der Waals surface area contributed by atoms with Gasteiger partial charge in [0.1, 0.15) is 11.6 Å². The third-order valence-corrected chi connectivity index (χ3v) is 6.45. The quantitative estimate of drug-likeness (QED) is 0.176. The average molecular weight is 521 g/mol. The normalized spacial score (nSPS) is 12.8. The van der Waals surface area contributed by atoms with E-state index in [0.29, 0.717) is 29.1 Å². The van der Waals surface area contributed by atoms with E-state index in [0.717, 1.165) is 23.4 Å². The first-order valence-corrected chi connectivity index (χ1v) is 11.7. The smallest absolute Gasteiger partial charge is 0.372 e. The van der Waals surface area contributed by atoms with Gasteiger partial charge in [0.05, 0.1) is 17.5 Å². The Morgan fingerprint density at radius 1 is 1.03 bits per heavy atom. The molecular weight excluding hydrogens is 499 g/mol. The average Bonchev–Trinajstić information content (AvgIpc) is 3.27. The van der Waals surface area contributed by atoms with E-state index in [-0.39, 0.29) is 11.3 Å². The molecule has 1 unspecified atom stereocenters. The van der Waals surface area contributed by atoms with Crippen molar-refractivity contribution in [2.75, 3.05) is 7.05 Å². The zero-order valence-electron chi connectivity index (χ0n) is 19.0. The molecule has 1 N–H and O–H groups in total. The molecule has 0 fully saturated rings. The molecule has 0 aliphatic rings. The molecule has 188 valence electrons. The summed E-state index contributed by atoms with van der Waals surface area (Å²) in [6.07, 6.45) is -1.23. The topological polar surface area (TPSA) is 54.2 Å². The standard InChI is InChI=1S/C25H21F5N4OS/c1-33(14-16-9-11-31-12-10-16)23(35)21-13-32-24(34(21)19-7-5-18(26)6-8-19)36-15-17-3-2-4-20(22(17)27)25(28,29)30/h2-13,23,35H,14-15H2,1H3. The second-order valence-corrected chi connectivity index (χ2v) is 8.93. The molecule has 0 aliphatic carbocycles. The summed E-state index contributed by atoms with van der Waals surface area (Å²) >= 11 is 0.999. The molecule has 5 nitrogen and oxygen atoms in total. The largest absolute Gasteiger partial charge is 0.419 e. The predicted octanol–water partition coefficient (Wildman–Crippen LogP) is 5.98. The summed E-state index contributed by atoms with van der Waals surface area (Å²) in [6, 6.07) is 12.2. The summed E-state index contributed by atoms with van der Waals surface area (Å²) in [5.41, 5.74) is 0.267. The highest BCUT2D eigenvalue weighted by molar-refractivity contribution is 7.98. The Labute approximate surface area is 208 Å². The van der Waals surface area contributed by atoms with E-state index in [2.05, 4.69) is 9.97 Å². The third kappa shape index (κ3) is 5.75. The van der Waals surface area contributed by atoms with E-state index in [1.54, 1.807) is 28.9 Å². The number of alkyl halides is 3. The van der Waals surface area contributed by atoms with Crippen LogP contribution in [0.2, 0.25) is 0 Å². The van der Waals surface area contributed by atoms with Crippen LogP contribution in [0.1, 0.15) is 28.6 Å². The summed E-state index contributed by atoms with van der Waals surface area (Å²) < 4.78 is 69.0. The van der Waals surface area contributed by atoms with Gasteiger partial charge in [0.25, 0.3) is 0 Å². The third-order valence-electron chi connectivity index (χ3n) is 5.45. The lowest BCUT2D eigenvalue weighted by molar-refractivity contribution is -0.140. The summed E-state index contributed by atoms with van der Waals surface area (Å²) in [5, 5.41) is 11.4. The van der Waals surface area contributed by atoms with Gasteiger partial charge in [-0.05, 0) is 60.6 Å². The Bertz CT molecular complexity index is 1310. The Balaban J connectivity index is 1.65. The van der Waals surface area contributed by atoms with Crippen molar-refractivity contribution in [2.24, 2.45) is 0 Å². The van der Waals surface area contributed by atoms with Gasteiger partial charge in [-0.2, -0.15) is 13.2 Å². The van der Waals surface area contributed by atoms with Gasteiger partial charge >= 0.3 is 6.18 Å². The molecule has 2 aromatic carbocycles. The lowest BCUT2D eigenvalue weighted by Crippen LogP contribution is -2.26. The van der Waals surface area contributed by atoms with Crippen LogP contribution in [0.3, 0.4) is 0 Å². The number of pyridine rings is 1. The number of aliphatic hydroxyl groups excluding tert-OH is 1. The zero-order valence-corrected chi connectivity index (χ0v) is 19.8. The van der Waals surface area contributed by atoms with Crippen LogP contribution < -0.4 is 0 Å². The molecule has 2 aromatic heterocycles. The second kappa shape index (κ2) is 10.8. The lowest BCUT2D eigenvalue weighted by atomic mass is 10.1. The Morgan fingerprint density at radius 2 is 1.72 bits per heavy atom. The number of halogens is 5. The SMILES string of the molecule is CN(Cc1ccncc1)C(O)c1cnc(SCc2cccc(C(F)(F)F)c2F)n1-c1ccc(F)cc1. The Kier molecular flexibility index (Phi) is 7.72. The summed E-state index contributed by atoms with van der Waals surface area (Å²) in [4.78, 5) is 9.96. The number of hydrogen-bond acceptors (Lipinski definition) is 5. The number of nitrogens with zero attached hydrogens (tertiary/aromatic N) is 4. The van der Waals surface area contributed by atoms with Crippen LogP contribution in [0.5, 0.6) is 0 Å². The van der Waals surface area contributed by atoms with E-state index in [9.17, 15) is 27.1 Å². The van der Waals surface area contributed by atoms with Crippen molar-refractivity contribution < 1.29 is 27.1 Å². The molecule has 0 spiro atoms. The maximum atomic E-state index is 14.5. The van der Waals surface area contributed by atoms with Crippen LogP contribution in [0, 0.1) is 11.6 Å². The molecule has 0 radical (unpaired) electrons. The lowest BCUT2D eigenvalue weighted by Gasteiger charge is -2.25. The van der Waals surface area contributed by atoms with Crippen molar-refractivity contribution >= 4 is 11.8 Å². The number of rotatable bonds is 8. The maximum absolute atomic E-state index is 14.5. The molecule has 4 rings (SSSR count). The second-order valence-electron chi connectivity index (χ2n) is 7.99. The number of imidazole rings is 1. The molecule has 1 atom stereocenters. The highest BCUT2D eigenvalue weighted by Gasteiger charge is 2.34. The fourth-order valence-electron chi connectivity index (χ4n) is 3.62. The van der Waals surface area contributed by atoms with E-state index in [1.165, 1.54) is 36.5 Å². The Hall–Kier alpha value is -3.28. The molecule has 36 heavy (non-hydrogen) atoms. The predicted molar refractivity (Wildman–Crippen MR) is 125 cm³/mol. The van der Waals surface area contributed by atoms with Crippen LogP contribution in [-0.2, 0) is 18.5 Å². The molecule has 0 aliphatic heterocycles. The first-order valence-electron chi connectivity index (χ1n) is 10.7. The first-order chi connectivity index (χ1) is 17.1. The minimum absolute atomic E-state index is 0.139. The number of aliphatic hydroxyl groups is 1. The van der Waals surface area contributed by atoms with Crippen molar-refractivity contribution in [1.29, 1.82) is 0 Å². The van der Waals surface area contributed by atoms with Crippen molar-refractivity contribution in [3.05, 3.63) is 107 Å². The highest BCUT2D eigenvalue weighted by Crippen LogP contribution is 2.35. The van der Waals surface area contributed by atoms with Gasteiger partial charge in [-0.15, -0.1) is 0 Å². The van der Waals surface area contributed by atoms with Gasteiger partial charge in [-0.25, -0.2) is 13.8 Å². The van der Waals surface area contributed by atoms with E-state index < -0.39 is 29.6 Å². The van der Waals surface area contributed by atoms with Crippen molar-refractivity contribution in [1.82, 2.24) is 19.4 Å². The molecule has 0 bridgehead atoms. The summed E-state index contributed by atoms with van der Waals surface area (Å²) in [7, 11) is 1.71. The molecular formula is C25H21F5N4OS. The number of aromatic nitrogens is 3. The fourth-order valence-corrected chi connectivity index (χ4v) is 4.60. The Morgan fingerprint density at radius 3 is 2.39 bits per heavy atom. The molecule has 0 saturated heterocycles. The van der Waals surface area contributed by atoms with E-state index in [4.69, 9.17) is 0 Å². The van der Waals surface area contributed by atoms with Crippen LogP contribution in [-0.4, -0.2) is 31.6 Å².